The fourth-order valence-electron chi connectivity index (χ4n) is 4.75. The van der Waals surface area contributed by atoms with Gasteiger partial charge in [0.15, 0.2) is 0 Å². The SMILES string of the molecule is CCc1ccc2c(c1)CCC(C1CC1)N2S(=O)(=O)c1ccc(OCc2cncnc2)c(CO)c1. The summed E-state index contributed by atoms with van der Waals surface area (Å²) >= 11 is 0. The molecule has 2 aromatic carbocycles. The van der Waals surface area contributed by atoms with E-state index in [9.17, 15) is 13.5 Å². The van der Waals surface area contributed by atoms with E-state index in [-0.39, 0.29) is 24.2 Å². The van der Waals surface area contributed by atoms with E-state index in [1.807, 2.05) is 12.1 Å². The monoisotopic (exact) mass is 479 g/mol. The molecule has 3 aromatic rings. The number of nitrogens with zero attached hydrogens (tertiary/aromatic N) is 3. The van der Waals surface area contributed by atoms with Crippen LogP contribution in [0.1, 0.15) is 48.4 Å². The number of aromatic nitrogens is 2. The summed E-state index contributed by atoms with van der Waals surface area (Å²) in [5.74, 6) is 0.845. The molecule has 1 aliphatic heterocycles. The molecule has 8 heteroatoms. The van der Waals surface area contributed by atoms with Crippen LogP contribution in [0, 0.1) is 5.92 Å². The van der Waals surface area contributed by atoms with Gasteiger partial charge in [-0.2, -0.15) is 0 Å². The zero-order valence-electron chi connectivity index (χ0n) is 19.2. The molecule has 2 heterocycles. The first-order chi connectivity index (χ1) is 16.5. The summed E-state index contributed by atoms with van der Waals surface area (Å²) in [5.41, 5.74) is 4.31. The highest BCUT2D eigenvalue weighted by Crippen LogP contribution is 2.45. The van der Waals surface area contributed by atoms with E-state index in [2.05, 4.69) is 23.0 Å². The van der Waals surface area contributed by atoms with Crippen LogP contribution in [0.3, 0.4) is 0 Å². The maximum absolute atomic E-state index is 14.0. The zero-order valence-corrected chi connectivity index (χ0v) is 20.0. The Balaban J connectivity index is 1.48. The minimum atomic E-state index is -3.82. The smallest absolute Gasteiger partial charge is 0.264 e. The molecule has 1 unspecified atom stereocenters. The van der Waals surface area contributed by atoms with Gasteiger partial charge in [-0.3, -0.25) is 4.31 Å². The summed E-state index contributed by atoms with van der Waals surface area (Å²) < 4.78 is 35.5. The van der Waals surface area contributed by atoms with Crippen LogP contribution in [0.25, 0.3) is 0 Å². The second kappa shape index (κ2) is 9.35. The molecule has 0 radical (unpaired) electrons. The van der Waals surface area contributed by atoms with Crippen molar-refractivity contribution in [3.05, 3.63) is 77.4 Å². The first kappa shape index (κ1) is 22.8. The van der Waals surface area contributed by atoms with Gasteiger partial charge in [0.1, 0.15) is 18.7 Å². The molecule has 5 rings (SSSR count). The Bertz CT molecular complexity index is 1280. The third kappa shape index (κ3) is 4.40. The lowest BCUT2D eigenvalue weighted by atomic mass is 9.93. The van der Waals surface area contributed by atoms with E-state index in [1.165, 1.54) is 18.0 Å². The Kier molecular flexibility index (Phi) is 6.27. The van der Waals surface area contributed by atoms with Gasteiger partial charge < -0.3 is 9.84 Å². The summed E-state index contributed by atoms with van der Waals surface area (Å²) in [5, 5.41) is 9.97. The average Bonchev–Trinajstić information content (AvgIpc) is 3.72. The Hall–Kier alpha value is -2.97. The van der Waals surface area contributed by atoms with Gasteiger partial charge >= 0.3 is 0 Å². The van der Waals surface area contributed by atoms with Crippen molar-refractivity contribution in [3.8, 4) is 5.75 Å². The van der Waals surface area contributed by atoms with Crippen molar-refractivity contribution in [3.63, 3.8) is 0 Å². The molecule has 1 atom stereocenters. The molecule has 34 heavy (non-hydrogen) atoms. The minimum absolute atomic E-state index is 0.0310. The van der Waals surface area contributed by atoms with Gasteiger partial charge in [-0.05, 0) is 73.4 Å². The molecular formula is C26H29N3O4S. The lowest BCUT2D eigenvalue weighted by Gasteiger charge is -2.38. The Morgan fingerprint density at radius 3 is 2.56 bits per heavy atom. The zero-order chi connectivity index (χ0) is 23.7. The number of aliphatic hydroxyl groups is 1. The van der Waals surface area contributed by atoms with E-state index in [0.717, 1.165) is 48.9 Å². The molecule has 1 saturated carbocycles. The van der Waals surface area contributed by atoms with Crippen LogP contribution in [-0.4, -0.2) is 29.5 Å². The lowest BCUT2D eigenvalue weighted by molar-refractivity contribution is 0.258. The number of aryl methyl sites for hydroxylation is 2. The lowest BCUT2D eigenvalue weighted by Crippen LogP contribution is -2.45. The molecule has 178 valence electrons. The third-order valence-corrected chi connectivity index (χ3v) is 8.57. The van der Waals surface area contributed by atoms with Gasteiger partial charge in [0.2, 0.25) is 0 Å². The molecule has 1 N–H and O–H groups in total. The Morgan fingerprint density at radius 2 is 1.85 bits per heavy atom. The standard InChI is InChI=1S/C26H29N3O4S/c1-2-18-3-8-25-21(11-18)6-9-24(20-4-5-20)29(25)34(31,32)23-7-10-26(22(12-23)15-30)33-16-19-13-27-17-28-14-19/h3,7-8,10-14,17,20,24,30H,2,4-6,9,15-16H2,1H3. The predicted octanol–water partition coefficient (Wildman–Crippen LogP) is 4.03. The summed E-state index contributed by atoms with van der Waals surface area (Å²) in [4.78, 5) is 8.11. The molecule has 2 aliphatic rings. The van der Waals surface area contributed by atoms with Crippen LogP contribution in [0.15, 0.2) is 60.0 Å². The molecule has 0 spiro atoms. The molecular weight excluding hydrogens is 450 g/mol. The van der Waals surface area contributed by atoms with Crippen LogP contribution in [-0.2, 0) is 36.1 Å². The van der Waals surface area contributed by atoms with Crippen LogP contribution in [0.2, 0.25) is 0 Å². The van der Waals surface area contributed by atoms with Gasteiger partial charge in [-0.15, -0.1) is 0 Å². The van der Waals surface area contributed by atoms with E-state index in [0.29, 0.717) is 17.2 Å². The maximum atomic E-state index is 14.0. The van der Waals surface area contributed by atoms with E-state index < -0.39 is 10.0 Å². The van der Waals surface area contributed by atoms with Crippen molar-refractivity contribution in [2.75, 3.05) is 4.31 Å². The van der Waals surface area contributed by atoms with Crippen LogP contribution in [0.5, 0.6) is 5.75 Å². The fourth-order valence-corrected chi connectivity index (χ4v) is 6.58. The number of benzene rings is 2. The second-order valence-electron chi connectivity index (χ2n) is 9.02. The highest BCUT2D eigenvalue weighted by Gasteiger charge is 2.43. The number of hydrogen-bond acceptors (Lipinski definition) is 6. The number of sulfonamides is 1. The predicted molar refractivity (Wildman–Crippen MR) is 129 cm³/mol. The van der Waals surface area contributed by atoms with Crippen molar-refractivity contribution in [1.82, 2.24) is 9.97 Å². The van der Waals surface area contributed by atoms with Gasteiger partial charge in [-0.25, -0.2) is 18.4 Å². The molecule has 1 aliphatic carbocycles. The number of anilines is 1. The van der Waals surface area contributed by atoms with E-state index >= 15 is 0 Å². The normalized spacial score (nSPS) is 17.9. The Labute approximate surface area is 200 Å². The molecule has 7 nitrogen and oxygen atoms in total. The van der Waals surface area contributed by atoms with Crippen LogP contribution < -0.4 is 9.04 Å². The van der Waals surface area contributed by atoms with Gasteiger partial charge in [-0.1, -0.05) is 19.1 Å². The van der Waals surface area contributed by atoms with Gasteiger partial charge in [0.05, 0.1) is 17.2 Å². The quantitative estimate of drug-likeness (QED) is 0.524. The van der Waals surface area contributed by atoms with Crippen molar-refractivity contribution in [2.24, 2.45) is 5.92 Å². The van der Waals surface area contributed by atoms with Crippen LogP contribution >= 0.6 is 0 Å². The van der Waals surface area contributed by atoms with Crippen molar-refractivity contribution in [1.29, 1.82) is 0 Å². The third-order valence-electron chi connectivity index (χ3n) is 6.73. The number of fused-ring (bicyclic) bond motifs is 1. The average molecular weight is 480 g/mol. The van der Waals surface area contributed by atoms with Gasteiger partial charge in [0, 0.05) is 29.6 Å². The Morgan fingerprint density at radius 1 is 1.06 bits per heavy atom. The van der Waals surface area contributed by atoms with E-state index in [1.54, 1.807) is 28.8 Å². The number of ether oxygens (including phenoxy) is 1. The highest BCUT2D eigenvalue weighted by molar-refractivity contribution is 7.92. The highest BCUT2D eigenvalue weighted by atomic mass is 32.2. The topological polar surface area (TPSA) is 92.6 Å². The largest absolute Gasteiger partial charge is 0.488 e. The van der Waals surface area contributed by atoms with Crippen molar-refractivity contribution < 1.29 is 18.3 Å². The molecule has 1 aromatic heterocycles. The molecule has 1 fully saturated rings. The molecule has 0 bridgehead atoms. The summed E-state index contributed by atoms with van der Waals surface area (Å²) in [7, 11) is -3.82. The van der Waals surface area contributed by atoms with Crippen molar-refractivity contribution >= 4 is 15.7 Å². The minimum Gasteiger partial charge on any atom is -0.488 e. The first-order valence-corrected chi connectivity index (χ1v) is 13.2. The van der Waals surface area contributed by atoms with Crippen LogP contribution in [0.4, 0.5) is 5.69 Å². The number of aliphatic hydroxyl groups excluding tert-OH is 1. The molecule has 0 amide bonds. The number of hydrogen-bond donors (Lipinski definition) is 1. The second-order valence-corrected chi connectivity index (χ2v) is 10.8. The first-order valence-electron chi connectivity index (χ1n) is 11.8. The fraction of sp³-hybridized carbons (Fsp3) is 0.385. The number of rotatable bonds is 8. The summed E-state index contributed by atoms with van der Waals surface area (Å²) in [6.45, 7) is 2.01. The maximum Gasteiger partial charge on any atom is 0.264 e. The molecule has 0 saturated heterocycles. The van der Waals surface area contributed by atoms with Gasteiger partial charge in [0.25, 0.3) is 10.0 Å². The van der Waals surface area contributed by atoms with Crippen molar-refractivity contribution in [2.45, 2.75) is 63.2 Å². The van der Waals surface area contributed by atoms with E-state index in [4.69, 9.17) is 4.74 Å². The summed E-state index contributed by atoms with van der Waals surface area (Å²) in [6, 6.07) is 10.8. The summed E-state index contributed by atoms with van der Waals surface area (Å²) in [6.07, 6.45) is 9.53.